The molecule has 2 aromatic rings. The number of nitrogens with one attached hydrogen (secondary N) is 2. The Morgan fingerprint density at radius 3 is 2.79 bits per heavy atom. The van der Waals surface area contributed by atoms with Gasteiger partial charge in [0.25, 0.3) is 0 Å². The number of rotatable bonds is 2. The SMILES string of the molecule is O=C(O)c1cc(-c2csc(=O)[nH]2)c[nH]1. The Morgan fingerprint density at radius 2 is 2.29 bits per heavy atom. The smallest absolute Gasteiger partial charge is 0.352 e. The van der Waals surface area contributed by atoms with Crippen LogP contribution in [0.2, 0.25) is 0 Å². The van der Waals surface area contributed by atoms with Crippen LogP contribution in [-0.2, 0) is 0 Å². The second-order valence-electron chi connectivity index (χ2n) is 2.67. The van der Waals surface area contributed by atoms with Gasteiger partial charge in [0.05, 0.1) is 5.69 Å². The van der Waals surface area contributed by atoms with E-state index in [-0.39, 0.29) is 10.6 Å². The lowest BCUT2D eigenvalue weighted by Gasteiger charge is -1.86. The Balaban J connectivity index is 2.43. The second kappa shape index (κ2) is 3.15. The summed E-state index contributed by atoms with van der Waals surface area (Å²) in [5, 5.41) is 10.3. The average Bonchev–Trinajstić information content (AvgIpc) is 2.70. The molecule has 0 fully saturated rings. The topological polar surface area (TPSA) is 85.9 Å². The molecule has 2 aromatic heterocycles. The first-order chi connectivity index (χ1) is 6.66. The number of aromatic amines is 2. The molecule has 14 heavy (non-hydrogen) atoms. The summed E-state index contributed by atoms with van der Waals surface area (Å²) in [7, 11) is 0. The fourth-order valence-corrected chi connectivity index (χ4v) is 1.68. The first kappa shape index (κ1) is 8.76. The van der Waals surface area contributed by atoms with E-state index in [4.69, 9.17) is 5.11 Å². The van der Waals surface area contributed by atoms with Crippen molar-refractivity contribution < 1.29 is 9.90 Å². The Labute approximate surface area is 82.0 Å². The molecule has 2 rings (SSSR count). The summed E-state index contributed by atoms with van der Waals surface area (Å²) in [6, 6.07) is 1.47. The second-order valence-corrected chi connectivity index (χ2v) is 3.51. The molecule has 5 nitrogen and oxygen atoms in total. The highest BCUT2D eigenvalue weighted by atomic mass is 32.1. The third-order valence-electron chi connectivity index (χ3n) is 1.74. The Morgan fingerprint density at radius 1 is 1.50 bits per heavy atom. The minimum Gasteiger partial charge on any atom is -0.477 e. The highest BCUT2D eigenvalue weighted by molar-refractivity contribution is 7.07. The van der Waals surface area contributed by atoms with Gasteiger partial charge in [0.2, 0.25) is 0 Å². The van der Waals surface area contributed by atoms with Crippen LogP contribution in [0, 0.1) is 0 Å². The van der Waals surface area contributed by atoms with Gasteiger partial charge in [0, 0.05) is 17.1 Å². The molecule has 0 bridgehead atoms. The Kier molecular flexibility index (Phi) is 1.97. The third-order valence-corrected chi connectivity index (χ3v) is 2.41. The zero-order valence-corrected chi connectivity index (χ0v) is 7.72. The van der Waals surface area contributed by atoms with Gasteiger partial charge in [-0.3, -0.25) is 4.79 Å². The number of aromatic nitrogens is 2. The molecule has 2 heterocycles. The maximum absolute atomic E-state index is 10.8. The highest BCUT2D eigenvalue weighted by Gasteiger charge is 2.08. The van der Waals surface area contributed by atoms with Gasteiger partial charge in [-0.15, -0.1) is 0 Å². The summed E-state index contributed by atoms with van der Waals surface area (Å²) < 4.78 is 0. The molecule has 0 aliphatic carbocycles. The van der Waals surface area contributed by atoms with E-state index in [0.717, 1.165) is 11.3 Å². The van der Waals surface area contributed by atoms with Gasteiger partial charge in [-0.1, -0.05) is 11.3 Å². The lowest BCUT2D eigenvalue weighted by atomic mass is 10.2. The van der Waals surface area contributed by atoms with Crippen molar-refractivity contribution in [2.75, 3.05) is 0 Å². The normalized spacial score (nSPS) is 10.3. The van der Waals surface area contributed by atoms with Crippen molar-refractivity contribution in [1.82, 2.24) is 9.97 Å². The predicted octanol–water partition coefficient (Wildman–Crippen LogP) is 1.13. The maximum Gasteiger partial charge on any atom is 0.352 e. The van der Waals surface area contributed by atoms with Crippen LogP contribution >= 0.6 is 11.3 Å². The molecule has 0 atom stereocenters. The molecule has 72 valence electrons. The lowest BCUT2D eigenvalue weighted by molar-refractivity contribution is 0.0691. The number of hydrogen-bond donors (Lipinski definition) is 3. The fourth-order valence-electron chi connectivity index (χ4n) is 1.09. The summed E-state index contributed by atoms with van der Waals surface area (Å²) in [6.07, 6.45) is 1.54. The van der Waals surface area contributed by atoms with Gasteiger partial charge in [0.15, 0.2) is 0 Å². The van der Waals surface area contributed by atoms with Crippen LogP contribution in [0.5, 0.6) is 0 Å². The van der Waals surface area contributed by atoms with Gasteiger partial charge < -0.3 is 15.1 Å². The van der Waals surface area contributed by atoms with E-state index in [1.165, 1.54) is 6.07 Å². The molecule has 0 aromatic carbocycles. The summed E-state index contributed by atoms with van der Waals surface area (Å²) in [5.41, 5.74) is 1.40. The van der Waals surface area contributed by atoms with Gasteiger partial charge in [-0.05, 0) is 6.07 Å². The maximum atomic E-state index is 10.8. The monoisotopic (exact) mass is 210 g/mol. The molecule has 0 amide bonds. The zero-order chi connectivity index (χ0) is 10.1. The Hall–Kier alpha value is -1.82. The number of H-pyrrole nitrogens is 2. The first-order valence-electron chi connectivity index (χ1n) is 3.77. The van der Waals surface area contributed by atoms with Crippen LogP contribution in [0.15, 0.2) is 22.4 Å². The number of thiazole rings is 1. The van der Waals surface area contributed by atoms with Gasteiger partial charge in [-0.25, -0.2) is 4.79 Å². The van der Waals surface area contributed by atoms with Gasteiger partial charge in [0.1, 0.15) is 5.69 Å². The first-order valence-corrected chi connectivity index (χ1v) is 4.64. The van der Waals surface area contributed by atoms with Crippen LogP contribution in [0.1, 0.15) is 10.5 Å². The van der Waals surface area contributed by atoms with E-state index in [0.29, 0.717) is 11.3 Å². The number of aromatic carboxylic acids is 1. The lowest BCUT2D eigenvalue weighted by Crippen LogP contribution is -1.94. The van der Waals surface area contributed by atoms with Crippen molar-refractivity contribution in [3.63, 3.8) is 0 Å². The number of hydrogen-bond acceptors (Lipinski definition) is 3. The standard InChI is InChI=1S/C8H6N2O3S/c11-7(12)5-1-4(2-9-5)6-3-14-8(13)10-6/h1-3,9H,(H,10,13)(H,11,12). The molecule has 6 heteroatoms. The van der Waals surface area contributed by atoms with Crippen molar-refractivity contribution in [3.05, 3.63) is 33.0 Å². The Bertz CT molecular complexity index is 522. The molecule has 3 N–H and O–H groups in total. The van der Waals surface area contributed by atoms with Crippen LogP contribution in [-0.4, -0.2) is 21.0 Å². The minimum atomic E-state index is -1.02. The molecule has 0 aliphatic heterocycles. The fraction of sp³-hybridized carbons (Fsp3) is 0. The number of carbonyl (C=O) groups is 1. The molecule has 0 saturated heterocycles. The molecular weight excluding hydrogens is 204 g/mol. The number of carboxylic acids is 1. The molecular formula is C8H6N2O3S. The van der Waals surface area contributed by atoms with Gasteiger partial charge >= 0.3 is 10.8 Å². The van der Waals surface area contributed by atoms with E-state index in [1.54, 1.807) is 11.6 Å². The van der Waals surface area contributed by atoms with E-state index in [9.17, 15) is 9.59 Å². The van der Waals surface area contributed by atoms with Crippen molar-refractivity contribution in [2.45, 2.75) is 0 Å². The predicted molar refractivity (Wildman–Crippen MR) is 51.7 cm³/mol. The minimum absolute atomic E-state index is 0.104. The molecule has 0 radical (unpaired) electrons. The average molecular weight is 210 g/mol. The quantitative estimate of drug-likeness (QED) is 0.694. The summed E-state index contributed by atoms with van der Waals surface area (Å²) in [4.78, 5) is 26.4. The largest absolute Gasteiger partial charge is 0.477 e. The highest BCUT2D eigenvalue weighted by Crippen LogP contribution is 2.17. The number of carboxylic acid groups (broad SMARTS) is 1. The molecule has 0 saturated carbocycles. The van der Waals surface area contributed by atoms with Crippen molar-refractivity contribution >= 4 is 17.3 Å². The van der Waals surface area contributed by atoms with E-state index in [2.05, 4.69) is 9.97 Å². The molecule has 0 spiro atoms. The van der Waals surface area contributed by atoms with Crippen LogP contribution in [0.3, 0.4) is 0 Å². The summed E-state index contributed by atoms with van der Waals surface area (Å²) >= 11 is 1.04. The van der Waals surface area contributed by atoms with Crippen molar-refractivity contribution in [2.24, 2.45) is 0 Å². The van der Waals surface area contributed by atoms with E-state index >= 15 is 0 Å². The third kappa shape index (κ3) is 1.47. The van der Waals surface area contributed by atoms with Crippen LogP contribution in [0.25, 0.3) is 11.3 Å². The summed E-state index contributed by atoms with van der Waals surface area (Å²) in [6.45, 7) is 0. The zero-order valence-electron chi connectivity index (χ0n) is 6.90. The molecule has 0 unspecified atom stereocenters. The van der Waals surface area contributed by atoms with Gasteiger partial charge in [-0.2, -0.15) is 0 Å². The van der Waals surface area contributed by atoms with Crippen molar-refractivity contribution in [3.8, 4) is 11.3 Å². The summed E-state index contributed by atoms with van der Waals surface area (Å²) in [5.74, 6) is -1.02. The van der Waals surface area contributed by atoms with Crippen LogP contribution < -0.4 is 4.87 Å². The van der Waals surface area contributed by atoms with E-state index in [1.807, 2.05) is 0 Å². The van der Waals surface area contributed by atoms with Crippen LogP contribution in [0.4, 0.5) is 0 Å². The van der Waals surface area contributed by atoms with E-state index < -0.39 is 5.97 Å². The molecule has 0 aliphatic rings. The van der Waals surface area contributed by atoms with Crippen molar-refractivity contribution in [1.29, 1.82) is 0 Å².